The molecule has 0 spiro atoms. The van der Waals surface area contributed by atoms with Gasteiger partial charge >= 0.3 is 0 Å². The minimum absolute atomic E-state index is 0.0875. The summed E-state index contributed by atoms with van der Waals surface area (Å²) in [6, 6.07) is 9.68. The maximum atomic E-state index is 11.9. The molecule has 4 heteroatoms. The molecular weight excluding hydrogens is 238 g/mol. The first-order valence-corrected chi connectivity index (χ1v) is 6.67. The summed E-state index contributed by atoms with van der Waals surface area (Å²) in [5.74, 6) is 0.718. The quantitative estimate of drug-likeness (QED) is 0.834. The van der Waals surface area contributed by atoms with Crippen molar-refractivity contribution in [2.45, 2.75) is 25.2 Å². The maximum Gasteiger partial charge on any atom is 0.164 e. The fourth-order valence-electron chi connectivity index (χ4n) is 2.30. The van der Waals surface area contributed by atoms with Gasteiger partial charge < -0.3 is 5.73 Å². The maximum absolute atomic E-state index is 11.9. The third-order valence-electron chi connectivity index (χ3n) is 3.45. The van der Waals surface area contributed by atoms with Crippen LogP contribution in [0.15, 0.2) is 36.5 Å². The van der Waals surface area contributed by atoms with Crippen LogP contribution in [0.3, 0.4) is 0 Å². The molecule has 0 bridgehead atoms. The zero-order valence-corrected chi connectivity index (χ0v) is 10.7. The summed E-state index contributed by atoms with van der Waals surface area (Å²) in [6.07, 6.45) is 4.68. The van der Waals surface area contributed by atoms with Gasteiger partial charge in [0.15, 0.2) is 5.78 Å². The third kappa shape index (κ3) is 2.44. The largest absolute Gasteiger partial charge is 0.330 e. The number of carbonyl (C=O) groups is 1. The zero-order valence-electron chi connectivity index (χ0n) is 10.7. The van der Waals surface area contributed by atoms with Crippen LogP contribution in [0.5, 0.6) is 0 Å². The molecule has 1 aromatic heterocycles. The molecule has 4 nitrogen and oxygen atoms in total. The van der Waals surface area contributed by atoms with Gasteiger partial charge in [0.1, 0.15) is 0 Å². The van der Waals surface area contributed by atoms with E-state index in [4.69, 9.17) is 5.73 Å². The van der Waals surface area contributed by atoms with Gasteiger partial charge in [0.25, 0.3) is 0 Å². The first-order chi connectivity index (χ1) is 9.29. The average molecular weight is 255 g/mol. The molecule has 1 heterocycles. The Hall–Kier alpha value is -1.94. The van der Waals surface area contributed by atoms with E-state index in [0.717, 1.165) is 5.69 Å². The van der Waals surface area contributed by atoms with E-state index in [0.29, 0.717) is 24.4 Å². The predicted molar refractivity (Wildman–Crippen MR) is 73.5 cm³/mol. The Balaban J connectivity index is 1.94. The number of rotatable bonds is 5. The summed E-state index contributed by atoms with van der Waals surface area (Å²) < 4.78 is 1.94. The van der Waals surface area contributed by atoms with Gasteiger partial charge in [0.05, 0.1) is 5.69 Å². The van der Waals surface area contributed by atoms with Crippen LogP contribution in [0.25, 0.3) is 5.69 Å². The summed E-state index contributed by atoms with van der Waals surface area (Å²) in [5, 5.41) is 4.37. The Morgan fingerprint density at radius 3 is 2.95 bits per heavy atom. The highest BCUT2D eigenvalue weighted by Gasteiger charge is 2.27. The minimum Gasteiger partial charge on any atom is -0.330 e. The SMILES string of the molecule is NCCC(=O)c1cccc(-n2nccc2C2CC2)c1. The number of hydrogen-bond donors (Lipinski definition) is 1. The number of nitrogens with zero attached hydrogens (tertiary/aromatic N) is 2. The number of nitrogens with two attached hydrogens (primary N) is 1. The van der Waals surface area contributed by atoms with E-state index in [9.17, 15) is 4.79 Å². The van der Waals surface area contributed by atoms with E-state index in [1.807, 2.05) is 35.1 Å². The third-order valence-corrected chi connectivity index (χ3v) is 3.45. The smallest absolute Gasteiger partial charge is 0.164 e. The molecule has 1 aliphatic rings. The van der Waals surface area contributed by atoms with Crippen LogP contribution in [0, 0.1) is 0 Å². The fourth-order valence-corrected chi connectivity index (χ4v) is 2.30. The Bertz CT molecular complexity index is 599. The predicted octanol–water partition coefficient (Wildman–Crippen LogP) is 2.28. The van der Waals surface area contributed by atoms with Crippen LogP contribution in [0.2, 0.25) is 0 Å². The highest BCUT2D eigenvalue weighted by molar-refractivity contribution is 5.96. The summed E-state index contributed by atoms with van der Waals surface area (Å²) in [5.41, 5.74) is 8.33. The van der Waals surface area contributed by atoms with Crippen LogP contribution in [-0.2, 0) is 0 Å². The Morgan fingerprint density at radius 2 is 2.21 bits per heavy atom. The second-order valence-corrected chi connectivity index (χ2v) is 4.95. The van der Waals surface area contributed by atoms with E-state index in [2.05, 4.69) is 11.2 Å². The average Bonchev–Trinajstić information content (AvgIpc) is 3.16. The lowest BCUT2D eigenvalue weighted by Gasteiger charge is -2.08. The normalized spacial score (nSPS) is 14.6. The molecular formula is C15H17N3O. The van der Waals surface area contributed by atoms with Crippen molar-refractivity contribution in [2.24, 2.45) is 5.73 Å². The Morgan fingerprint density at radius 1 is 1.37 bits per heavy atom. The first-order valence-electron chi connectivity index (χ1n) is 6.67. The van der Waals surface area contributed by atoms with Crippen molar-refractivity contribution in [1.29, 1.82) is 0 Å². The van der Waals surface area contributed by atoms with Gasteiger partial charge in [-0.25, -0.2) is 4.68 Å². The molecule has 98 valence electrons. The van der Waals surface area contributed by atoms with Gasteiger partial charge in [-0.1, -0.05) is 12.1 Å². The molecule has 1 saturated carbocycles. The summed E-state index contributed by atoms with van der Waals surface area (Å²) >= 11 is 0. The topological polar surface area (TPSA) is 60.9 Å². The molecule has 0 saturated heterocycles. The Kier molecular flexibility index (Phi) is 3.17. The van der Waals surface area contributed by atoms with E-state index < -0.39 is 0 Å². The van der Waals surface area contributed by atoms with Crippen molar-refractivity contribution >= 4 is 5.78 Å². The number of aromatic nitrogens is 2. The van der Waals surface area contributed by atoms with Crippen molar-refractivity contribution in [1.82, 2.24) is 9.78 Å². The monoisotopic (exact) mass is 255 g/mol. The van der Waals surface area contributed by atoms with Gasteiger partial charge in [0.2, 0.25) is 0 Å². The highest BCUT2D eigenvalue weighted by atomic mass is 16.1. The van der Waals surface area contributed by atoms with Gasteiger partial charge in [-0.2, -0.15) is 5.10 Å². The van der Waals surface area contributed by atoms with Crippen LogP contribution in [-0.4, -0.2) is 22.1 Å². The minimum atomic E-state index is 0.0875. The standard InChI is InChI=1S/C15H17N3O/c16-8-6-15(19)12-2-1-3-13(10-12)18-14(7-9-17-18)11-4-5-11/h1-3,7,9-11H,4-6,8,16H2. The second kappa shape index (κ2) is 4.97. The Labute approximate surface area is 112 Å². The molecule has 1 fully saturated rings. The van der Waals surface area contributed by atoms with Crippen molar-refractivity contribution in [3.8, 4) is 5.69 Å². The summed E-state index contributed by atoms with van der Waals surface area (Å²) in [4.78, 5) is 11.9. The van der Waals surface area contributed by atoms with E-state index >= 15 is 0 Å². The highest BCUT2D eigenvalue weighted by Crippen LogP contribution is 2.40. The number of carbonyl (C=O) groups excluding carboxylic acids is 1. The molecule has 0 atom stereocenters. The number of ketones is 1. The van der Waals surface area contributed by atoms with E-state index in [1.54, 1.807) is 0 Å². The number of hydrogen-bond acceptors (Lipinski definition) is 3. The first kappa shape index (κ1) is 12.1. The van der Waals surface area contributed by atoms with Crippen LogP contribution in [0.1, 0.15) is 41.2 Å². The van der Waals surface area contributed by atoms with Gasteiger partial charge in [-0.3, -0.25) is 4.79 Å². The molecule has 1 aromatic carbocycles. The molecule has 0 aliphatic heterocycles. The lowest BCUT2D eigenvalue weighted by atomic mass is 10.1. The second-order valence-electron chi connectivity index (χ2n) is 4.95. The van der Waals surface area contributed by atoms with Crippen LogP contribution in [0.4, 0.5) is 0 Å². The molecule has 19 heavy (non-hydrogen) atoms. The van der Waals surface area contributed by atoms with Crippen LogP contribution < -0.4 is 5.73 Å². The van der Waals surface area contributed by atoms with E-state index in [1.165, 1.54) is 18.5 Å². The molecule has 2 aromatic rings. The number of Topliss-reactive ketones (excluding diaryl/α,β-unsaturated/α-hetero) is 1. The lowest BCUT2D eigenvalue weighted by Crippen LogP contribution is -2.09. The molecule has 3 rings (SSSR count). The zero-order chi connectivity index (χ0) is 13.2. The lowest BCUT2D eigenvalue weighted by molar-refractivity contribution is 0.0985. The molecule has 0 unspecified atom stereocenters. The summed E-state index contributed by atoms with van der Waals surface area (Å²) in [7, 11) is 0. The van der Waals surface area contributed by atoms with Gasteiger partial charge in [-0.05, 0) is 37.6 Å². The van der Waals surface area contributed by atoms with E-state index in [-0.39, 0.29) is 5.78 Å². The van der Waals surface area contributed by atoms with Gasteiger partial charge in [0, 0.05) is 29.8 Å². The van der Waals surface area contributed by atoms with Crippen molar-refractivity contribution in [2.75, 3.05) is 6.54 Å². The van der Waals surface area contributed by atoms with Crippen LogP contribution >= 0.6 is 0 Å². The molecule has 0 radical (unpaired) electrons. The van der Waals surface area contributed by atoms with Crippen molar-refractivity contribution in [3.63, 3.8) is 0 Å². The van der Waals surface area contributed by atoms with Gasteiger partial charge in [-0.15, -0.1) is 0 Å². The molecule has 2 N–H and O–H groups in total. The van der Waals surface area contributed by atoms with Crippen molar-refractivity contribution in [3.05, 3.63) is 47.8 Å². The number of benzene rings is 1. The fraction of sp³-hybridized carbons (Fsp3) is 0.333. The van der Waals surface area contributed by atoms with Crippen molar-refractivity contribution < 1.29 is 4.79 Å². The summed E-state index contributed by atoms with van der Waals surface area (Å²) in [6.45, 7) is 0.387. The molecule has 1 aliphatic carbocycles. The molecule has 0 amide bonds.